The second-order valence-corrected chi connectivity index (χ2v) is 9.96. The number of esters is 1. The average Bonchev–Trinajstić information content (AvgIpc) is 3.09. The third kappa shape index (κ3) is 4.42. The van der Waals surface area contributed by atoms with Crippen LogP contribution in [0.5, 0.6) is 5.75 Å². The van der Waals surface area contributed by atoms with E-state index in [2.05, 4.69) is 5.32 Å². The number of hydrogen-bond acceptors (Lipinski definition) is 8. The number of phenols is 1. The molecule has 37 heavy (non-hydrogen) atoms. The molecule has 0 spiro atoms. The first-order valence-corrected chi connectivity index (χ1v) is 12.4. The van der Waals surface area contributed by atoms with E-state index in [1.54, 1.807) is 13.0 Å². The molecule has 196 valence electrons. The Kier molecular flexibility index (Phi) is 6.96. The van der Waals surface area contributed by atoms with Gasteiger partial charge in [-0.3, -0.25) is 14.4 Å². The summed E-state index contributed by atoms with van der Waals surface area (Å²) in [7, 11) is 0. The Bertz CT molecular complexity index is 1290. The van der Waals surface area contributed by atoms with E-state index in [9.17, 15) is 34.5 Å². The van der Waals surface area contributed by atoms with Crippen LogP contribution in [-0.4, -0.2) is 51.0 Å². The van der Waals surface area contributed by atoms with Crippen molar-refractivity contribution in [3.05, 3.63) is 63.9 Å². The van der Waals surface area contributed by atoms with Crippen LogP contribution in [0.25, 0.3) is 0 Å². The van der Waals surface area contributed by atoms with Crippen molar-refractivity contribution in [2.24, 2.45) is 11.8 Å². The van der Waals surface area contributed by atoms with E-state index in [-0.39, 0.29) is 51.6 Å². The number of aliphatic hydroxyl groups excluding tert-OH is 1. The topological polar surface area (TPSA) is 150 Å². The van der Waals surface area contributed by atoms with Crippen LogP contribution in [0.15, 0.2) is 41.6 Å². The number of cyclic esters (lactones) is 1. The van der Waals surface area contributed by atoms with Crippen LogP contribution < -0.4 is 5.32 Å². The molecule has 4 rings (SSSR count). The van der Waals surface area contributed by atoms with Gasteiger partial charge < -0.3 is 25.4 Å². The van der Waals surface area contributed by atoms with Gasteiger partial charge in [0.2, 0.25) is 5.91 Å². The van der Waals surface area contributed by atoms with Crippen LogP contribution in [-0.2, 0) is 19.9 Å². The van der Waals surface area contributed by atoms with Crippen molar-refractivity contribution in [1.29, 1.82) is 0 Å². The quantitative estimate of drug-likeness (QED) is 0.333. The lowest BCUT2D eigenvalue weighted by Gasteiger charge is -2.34. The molecule has 1 fully saturated rings. The number of ketones is 2. The molecule has 4 bridgehead atoms. The first-order valence-electron chi connectivity index (χ1n) is 12.4. The number of allylic oxidation sites excluding steroid dienone is 2. The fraction of sp³-hybridized carbons (Fsp3) is 0.429. The van der Waals surface area contributed by atoms with Gasteiger partial charge in [0.1, 0.15) is 23.6 Å². The van der Waals surface area contributed by atoms with Gasteiger partial charge in [0.15, 0.2) is 11.6 Å². The molecule has 5 atom stereocenters. The molecule has 1 aliphatic carbocycles. The number of rotatable bonds is 1. The lowest BCUT2D eigenvalue weighted by atomic mass is 9.72. The molecule has 3 aliphatic rings. The van der Waals surface area contributed by atoms with E-state index in [4.69, 9.17) is 4.74 Å². The van der Waals surface area contributed by atoms with Crippen LogP contribution in [0, 0.1) is 18.8 Å². The highest BCUT2D eigenvalue weighted by Gasteiger charge is 2.55. The van der Waals surface area contributed by atoms with Crippen LogP contribution in [0.3, 0.4) is 0 Å². The van der Waals surface area contributed by atoms with Crippen molar-refractivity contribution in [2.45, 2.75) is 64.8 Å². The maximum atomic E-state index is 13.4. The monoisotopic (exact) mass is 509 g/mol. The molecule has 0 unspecified atom stereocenters. The number of hydrogen-bond donors (Lipinski definition) is 4. The minimum Gasteiger partial charge on any atom is -0.507 e. The van der Waals surface area contributed by atoms with Crippen molar-refractivity contribution < 1.29 is 39.2 Å². The first-order chi connectivity index (χ1) is 17.4. The van der Waals surface area contributed by atoms with Crippen molar-refractivity contribution in [3.63, 3.8) is 0 Å². The second kappa shape index (κ2) is 9.72. The third-order valence-electron chi connectivity index (χ3n) is 7.46. The summed E-state index contributed by atoms with van der Waals surface area (Å²) in [6.07, 6.45) is 4.60. The maximum Gasteiger partial charge on any atom is 0.333 e. The fourth-order valence-electron chi connectivity index (χ4n) is 5.11. The summed E-state index contributed by atoms with van der Waals surface area (Å²) in [6.45, 7) is 6.42. The maximum absolute atomic E-state index is 13.4. The Morgan fingerprint density at radius 2 is 1.84 bits per heavy atom. The summed E-state index contributed by atoms with van der Waals surface area (Å²) in [4.78, 5) is 52.4. The summed E-state index contributed by atoms with van der Waals surface area (Å²) in [6, 6.07) is 1.39. The lowest BCUT2D eigenvalue weighted by molar-refractivity contribution is -0.147. The Morgan fingerprint density at radius 3 is 2.51 bits per heavy atom. The molecule has 1 aromatic carbocycles. The molecule has 0 saturated carbocycles. The Morgan fingerprint density at radius 1 is 1.14 bits per heavy atom. The number of carbonyl (C=O) groups is 4. The SMILES string of the molecule is CC[C@@H]1C=C[C@H](O)[C@H](C)OC(=O)/C(C)=C\[C@@H]2C(=O)NC3=CC(=O)c4c(cc(C)c(O)c4C(=O)CC1)[C@@]32O. The van der Waals surface area contributed by atoms with E-state index < -0.39 is 47.2 Å². The van der Waals surface area contributed by atoms with Gasteiger partial charge in [-0.25, -0.2) is 4.79 Å². The molecule has 9 nitrogen and oxygen atoms in total. The zero-order chi connectivity index (χ0) is 27.2. The smallest absolute Gasteiger partial charge is 0.333 e. The van der Waals surface area contributed by atoms with Gasteiger partial charge in [-0.2, -0.15) is 0 Å². The summed E-state index contributed by atoms with van der Waals surface area (Å²) in [5.74, 6) is -4.33. The van der Waals surface area contributed by atoms with Crippen molar-refractivity contribution in [3.8, 4) is 5.75 Å². The number of aliphatic hydroxyl groups is 2. The number of Topliss-reactive ketones (excluding diaryl/α,β-unsaturated/α-hetero) is 1. The largest absolute Gasteiger partial charge is 0.507 e. The number of amides is 1. The molecular weight excluding hydrogens is 478 g/mol. The van der Waals surface area contributed by atoms with Gasteiger partial charge >= 0.3 is 5.97 Å². The zero-order valence-corrected chi connectivity index (χ0v) is 21.2. The first kappa shape index (κ1) is 26.5. The molecule has 0 aromatic heterocycles. The average molecular weight is 510 g/mol. The van der Waals surface area contributed by atoms with E-state index in [1.165, 1.54) is 32.1 Å². The van der Waals surface area contributed by atoms with Crippen molar-refractivity contribution >= 4 is 23.4 Å². The third-order valence-corrected chi connectivity index (χ3v) is 7.46. The van der Waals surface area contributed by atoms with Gasteiger partial charge in [-0.05, 0) is 51.2 Å². The summed E-state index contributed by atoms with van der Waals surface area (Å²) >= 11 is 0. The van der Waals surface area contributed by atoms with E-state index in [0.29, 0.717) is 12.8 Å². The molecule has 0 radical (unpaired) electrons. The van der Waals surface area contributed by atoms with Gasteiger partial charge in [0, 0.05) is 29.2 Å². The van der Waals surface area contributed by atoms with Crippen LogP contribution in [0.2, 0.25) is 0 Å². The summed E-state index contributed by atoms with van der Waals surface area (Å²) in [5, 5.41) is 35.8. The van der Waals surface area contributed by atoms with Crippen LogP contribution in [0.4, 0.5) is 0 Å². The Labute approximate surface area is 214 Å². The lowest BCUT2D eigenvalue weighted by Crippen LogP contribution is -2.39. The minimum absolute atomic E-state index is 0.00512. The van der Waals surface area contributed by atoms with Gasteiger partial charge in [-0.15, -0.1) is 0 Å². The highest BCUT2D eigenvalue weighted by Crippen LogP contribution is 2.49. The van der Waals surface area contributed by atoms with E-state index in [1.807, 2.05) is 6.92 Å². The second-order valence-electron chi connectivity index (χ2n) is 9.96. The number of carbonyl (C=O) groups excluding carboxylic acids is 4. The molecule has 9 heteroatoms. The Balaban J connectivity index is 1.95. The van der Waals surface area contributed by atoms with Gasteiger partial charge in [0.25, 0.3) is 0 Å². The number of aryl methyl sites for hydroxylation is 1. The van der Waals surface area contributed by atoms with E-state index in [0.717, 1.165) is 6.08 Å². The Hall–Kier alpha value is -3.56. The summed E-state index contributed by atoms with van der Waals surface area (Å²) < 4.78 is 5.39. The van der Waals surface area contributed by atoms with E-state index >= 15 is 0 Å². The molecule has 4 N–H and O–H groups in total. The minimum atomic E-state index is -2.08. The predicted octanol–water partition coefficient (Wildman–Crippen LogP) is 2.51. The fourth-order valence-corrected chi connectivity index (χ4v) is 5.11. The van der Waals surface area contributed by atoms with Gasteiger partial charge in [0.05, 0.1) is 17.2 Å². The number of aromatic hydroxyl groups is 1. The molecule has 2 aliphatic heterocycles. The standard InChI is InChI=1S/C28H31NO8/c1-5-16-6-8-19(30)15(4)37-27(35)14(3)11-18-26(34)29-22-12-21(32)23-17(28(18,22)36)10-13(2)25(33)24(23)20(31)9-7-16/h6,8,10-12,15-16,18-19,30,33,36H,5,7,9H2,1-4H3,(H,29,34)/b8-6?,14-11-/t15-,16+,18+,19-,28-/m0/s1. The number of nitrogens with one attached hydrogen (secondary N) is 1. The molecule has 1 aromatic rings. The van der Waals surface area contributed by atoms with Crippen molar-refractivity contribution in [1.82, 2.24) is 5.32 Å². The zero-order valence-electron chi connectivity index (χ0n) is 21.2. The summed E-state index contributed by atoms with van der Waals surface area (Å²) in [5.41, 5.74) is -2.23. The van der Waals surface area contributed by atoms with Crippen molar-refractivity contribution in [2.75, 3.05) is 0 Å². The number of benzene rings is 1. The number of phenolic OH excluding ortho intramolecular Hbond substituents is 1. The van der Waals surface area contributed by atoms with Crippen LogP contribution in [0.1, 0.15) is 71.9 Å². The highest BCUT2D eigenvalue weighted by molar-refractivity contribution is 6.17. The predicted molar refractivity (Wildman–Crippen MR) is 133 cm³/mol. The number of ether oxygens (including phenoxy) is 1. The van der Waals surface area contributed by atoms with Crippen LogP contribution >= 0.6 is 0 Å². The normalized spacial score (nSPS) is 31.7. The molecular formula is C28H31NO8. The molecule has 1 amide bonds. The molecule has 2 heterocycles. The molecule has 1 saturated heterocycles. The highest BCUT2D eigenvalue weighted by atomic mass is 16.6. The van der Waals surface area contributed by atoms with Gasteiger partial charge in [-0.1, -0.05) is 25.2 Å².